The molecule has 0 N–H and O–H groups in total. The molecule has 1 heterocycles. The Morgan fingerprint density at radius 3 is 2.92 bits per heavy atom. The Balaban J connectivity index is 2.81. The normalized spacial score (nSPS) is 10.3. The zero-order chi connectivity index (χ0) is 9.26. The summed E-state index contributed by atoms with van der Waals surface area (Å²) in [7, 11) is 1.65. The lowest BCUT2D eigenvalue weighted by Gasteiger charge is -2.04. The second-order valence-electron chi connectivity index (χ2n) is 2.93. The van der Waals surface area contributed by atoms with Crippen molar-refractivity contribution in [2.45, 2.75) is 6.92 Å². The van der Waals surface area contributed by atoms with Crippen molar-refractivity contribution in [3.63, 3.8) is 0 Å². The van der Waals surface area contributed by atoms with Gasteiger partial charge in [-0.3, -0.25) is 0 Å². The third-order valence-electron chi connectivity index (χ3n) is 1.94. The molecule has 0 spiro atoms. The smallest absolute Gasteiger partial charge is 0.145 e. The van der Waals surface area contributed by atoms with Crippen LogP contribution in [0.15, 0.2) is 24.7 Å². The van der Waals surface area contributed by atoms with E-state index in [-0.39, 0.29) is 0 Å². The number of fused-ring (bicyclic) bond motifs is 1. The molecule has 1 aromatic heterocycles. The van der Waals surface area contributed by atoms with Gasteiger partial charge in [0.05, 0.1) is 7.11 Å². The second-order valence-corrected chi connectivity index (χ2v) is 2.93. The van der Waals surface area contributed by atoms with Gasteiger partial charge in [-0.25, -0.2) is 9.97 Å². The van der Waals surface area contributed by atoms with Crippen LogP contribution < -0.4 is 4.74 Å². The molecule has 0 aliphatic heterocycles. The van der Waals surface area contributed by atoms with Crippen molar-refractivity contribution in [1.82, 2.24) is 9.97 Å². The highest BCUT2D eigenvalue weighted by Gasteiger charge is 2.02. The summed E-state index contributed by atoms with van der Waals surface area (Å²) in [6, 6.07) is 4.01. The molecule has 0 aliphatic rings. The molecule has 0 saturated heterocycles. The summed E-state index contributed by atoms with van der Waals surface area (Å²) < 4.78 is 5.22. The van der Waals surface area contributed by atoms with Crippen LogP contribution in [0.4, 0.5) is 0 Å². The van der Waals surface area contributed by atoms with E-state index in [4.69, 9.17) is 4.74 Å². The highest BCUT2D eigenvalue weighted by molar-refractivity contribution is 5.84. The second kappa shape index (κ2) is 3.01. The minimum absolute atomic E-state index is 0.803. The number of hydrogen-bond acceptors (Lipinski definition) is 3. The molecular formula is C10H10N2O. The molecule has 0 unspecified atom stereocenters. The van der Waals surface area contributed by atoms with Crippen LogP contribution in [0.2, 0.25) is 0 Å². The number of benzene rings is 1. The SMILES string of the molecule is COc1cc(C)cc2cncnc12. The zero-order valence-electron chi connectivity index (χ0n) is 7.61. The van der Waals surface area contributed by atoms with Crippen LogP contribution in [0.3, 0.4) is 0 Å². The number of rotatable bonds is 1. The van der Waals surface area contributed by atoms with Gasteiger partial charge in [0.25, 0.3) is 0 Å². The lowest BCUT2D eigenvalue weighted by molar-refractivity contribution is 0.418. The largest absolute Gasteiger partial charge is 0.494 e. The van der Waals surface area contributed by atoms with Crippen molar-refractivity contribution >= 4 is 10.9 Å². The molecule has 0 aliphatic carbocycles. The van der Waals surface area contributed by atoms with Gasteiger partial charge in [0.1, 0.15) is 17.6 Å². The molecule has 0 amide bonds. The molecule has 0 bridgehead atoms. The van der Waals surface area contributed by atoms with E-state index in [1.807, 2.05) is 19.1 Å². The standard InChI is InChI=1S/C10H10N2O/c1-7-3-8-5-11-6-12-10(8)9(4-7)13-2/h3-6H,1-2H3. The summed E-state index contributed by atoms with van der Waals surface area (Å²) in [6.07, 6.45) is 3.32. The molecule has 3 heteroatoms. The Morgan fingerprint density at radius 2 is 2.15 bits per heavy atom. The van der Waals surface area contributed by atoms with E-state index in [2.05, 4.69) is 9.97 Å². The average molecular weight is 174 g/mol. The highest BCUT2D eigenvalue weighted by atomic mass is 16.5. The summed E-state index contributed by atoms with van der Waals surface area (Å²) in [4.78, 5) is 8.12. The first-order valence-corrected chi connectivity index (χ1v) is 4.05. The number of aryl methyl sites for hydroxylation is 1. The summed E-state index contributed by atoms with van der Waals surface area (Å²) >= 11 is 0. The quantitative estimate of drug-likeness (QED) is 0.662. The van der Waals surface area contributed by atoms with Crippen molar-refractivity contribution in [3.8, 4) is 5.75 Å². The van der Waals surface area contributed by atoms with Crippen LogP contribution in [-0.2, 0) is 0 Å². The Bertz CT molecular complexity index is 440. The van der Waals surface area contributed by atoms with E-state index in [0.717, 1.165) is 22.2 Å². The first-order valence-electron chi connectivity index (χ1n) is 4.05. The third kappa shape index (κ3) is 1.33. The third-order valence-corrected chi connectivity index (χ3v) is 1.94. The molecule has 2 aromatic rings. The van der Waals surface area contributed by atoms with Gasteiger partial charge in [-0.15, -0.1) is 0 Å². The van der Waals surface area contributed by atoms with E-state index in [0.29, 0.717) is 0 Å². The number of ether oxygens (including phenoxy) is 1. The van der Waals surface area contributed by atoms with Gasteiger partial charge in [-0.2, -0.15) is 0 Å². The summed E-state index contributed by atoms with van der Waals surface area (Å²) in [5.74, 6) is 0.803. The van der Waals surface area contributed by atoms with Crippen molar-refractivity contribution < 1.29 is 4.74 Å². The van der Waals surface area contributed by atoms with Crippen LogP contribution in [-0.4, -0.2) is 17.1 Å². The molecule has 1 aromatic carbocycles. The first kappa shape index (κ1) is 7.98. The fourth-order valence-electron chi connectivity index (χ4n) is 1.37. The predicted octanol–water partition coefficient (Wildman–Crippen LogP) is 1.95. The van der Waals surface area contributed by atoms with E-state index >= 15 is 0 Å². The van der Waals surface area contributed by atoms with Crippen molar-refractivity contribution in [2.75, 3.05) is 7.11 Å². The maximum atomic E-state index is 5.22. The number of nitrogens with zero attached hydrogens (tertiary/aromatic N) is 2. The van der Waals surface area contributed by atoms with Gasteiger partial charge in [-0.05, 0) is 24.6 Å². The zero-order valence-corrected chi connectivity index (χ0v) is 7.61. The van der Waals surface area contributed by atoms with Crippen LogP contribution in [0, 0.1) is 6.92 Å². The average Bonchev–Trinajstić information content (AvgIpc) is 2.16. The molecule has 66 valence electrons. The minimum atomic E-state index is 0.803. The topological polar surface area (TPSA) is 35.0 Å². The van der Waals surface area contributed by atoms with Gasteiger partial charge < -0.3 is 4.74 Å². The number of methoxy groups -OCH3 is 1. The van der Waals surface area contributed by atoms with Gasteiger partial charge in [-0.1, -0.05) is 0 Å². The summed E-state index contributed by atoms with van der Waals surface area (Å²) in [5, 5.41) is 1.01. The fraction of sp³-hybridized carbons (Fsp3) is 0.200. The molecule has 0 saturated carbocycles. The fourth-order valence-corrected chi connectivity index (χ4v) is 1.37. The number of hydrogen-bond donors (Lipinski definition) is 0. The maximum absolute atomic E-state index is 5.22. The Hall–Kier alpha value is -1.64. The Labute approximate surface area is 76.4 Å². The first-order chi connectivity index (χ1) is 6.31. The van der Waals surface area contributed by atoms with Gasteiger partial charge in [0, 0.05) is 11.6 Å². The lowest BCUT2D eigenvalue weighted by atomic mass is 10.1. The molecule has 0 atom stereocenters. The van der Waals surface area contributed by atoms with Crippen molar-refractivity contribution in [3.05, 3.63) is 30.2 Å². The van der Waals surface area contributed by atoms with E-state index < -0.39 is 0 Å². The monoisotopic (exact) mass is 174 g/mol. The van der Waals surface area contributed by atoms with Crippen LogP contribution in [0.1, 0.15) is 5.56 Å². The molecule has 0 fully saturated rings. The summed E-state index contributed by atoms with van der Waals surface area (Å²) in [5.41, 5.74) is 2.02. The molecule has 0 radical (unpaired) electrons. The molecule has 2 rings (SSSR count). The van der Waals surface area contributed by atoms with Gasteiger partial charge in [0.15, 0.2) is 0 Å². The maximum Gasteiger partial charge on any atom is 0.145 e. The molecule has 13 heavy (non-hydrogen) atoms. The van der Waals surface area contributed by atoms with Crippen molar-refractivity contribution in [2.24, 2.45) is 0 Å². The van der Waals surface area contributed by atoms with Crippen LogP contribution in [0.5, 0.6) is 5.75 Å². The van der Waals surface area contributed by atoms with Crippen molar-refractivity contribution in [1.29, 1.82) is 0 Å². The predicted molar refractivity (Wildman–Crippen MR) is 50.8 cm³/mol. The Kier molecular flexibility index (Phi) is 1.85. The molecular weight excluding hydrogens is 164 g/mol. The Morgan fingerprint density at radius 1 is 1.31 bits per heavy atom. The van der Waals surface area contributed by atoms with E-state index in [9.17, 15) is 0 Å². The lowest BCUT2D eigenvalue weighted by Crippen LogP contribution is -1.89. The minimum Gasteiger partial charge on any atom is -0.494 e. The van der Waals surface area contributed by atoms with Crippen LogP contribution in [0.25, 0.3) is 10.9 Å². The van der Waals surface area contributed by atoms with Crippen LogP contribution >= 0.6 is 0 Å². The van der Waals surface area contributed by atoms with E-state index in [1.54, 1.807) is 13.3 Å². The summed E-state index contributed by atoms with van der Waals surface area (Å²) in [6.45, 7) is 2.02. The molecule has 3 nitrogen and oxygen atoms in total. The highest BCUT2D eigenvalue weighted by Crippen LogP contribution is 2.23. The van der Waals surface area contributed by atoms with E-state index in [1.165, 1.54) is 6.33 Å². The van der Waals surface area contributed by atoms with Gasteiger partial charge >= 0.3 is 0 Å². The van der Waals surface area contributed by atoms with Gasteiger partial charge in [0.2, 0.25) is 0 Å². The number of aromatic nitrogens is 2.